The highest BCUT2D eigenvalue weighted by atomic mass is 35.5. The molecule has 8 heteroatoms. The molecule has 0 radical (unpaired) electrons. The highest BCUT2D eigenvalue weighted by Crippen LogP contribution is 2.37. The normalized spacial score (nSPS) is 11.3. The van der Waals surface area contributed by atoms with E-state index in [1.165, 1.54) is 12.1 Å². The third-order valence-electron chi connectivity index (χ3n) is 4.09. The molecule has 1 aromatic heterocycles. The van der Waals surface area contributed by atoms with Crippen molar-refractivity contribution in [2.45, 2.75) is 12.7 Å². The molecule has 142 valence electrons. The van der Waals surface area contributed by atoms with E-state index >= 15 is 0 Å². The van der Waals surface area contributed by atoms with Gasteiger partial charge >= 0.3 is 6.18 Å². The first kappa shape index (κ1) is 20.0. The van der Waals surface area contributed by atoms with E-state index in [4.69, 9.17) is 29.8 Å². The first-order valence-corrected chi connectivity index (χ1v) is 8.70. The van der Waals surface area contributed by atoms with Gasteiger partial charge in [0.1, 0.15) is 0 Å². The molecule has 0 N–H and O–H groups in total. The maximum absolute atomic E-state index is 13.4. The largest absolute Gasteiger partial charge is 0.407 e. The van der Waals surface area contributed by atoms with E-state index in [1.54, 1.807) is 36.4 Å². The van der Waals surface area contributed by atoms with Crippen molar-refractivity contribution in [2.75, 3.05) is 0 Å². The van der Waals surface area contributed by atoms with Gasteiger partial charge < -0.3 is 4.57 Å². The van der Waals surface area contributed by atoms with Crippen molar-refractivity contribution < 1.29 is 13.2 Å². The zero-order valence-corrected chi connectivity index (χ0v) is 15.6. The maximum atomic E-state index is 13.4. The van der Waals surface area contributed by atoms with Crippen LogP contribution in [0.5, 0.6) is 0 Å². The summed E-state index contributed by atoms with van der Waals surface area (Å²) in [5.74, 6) is 0. The molecule has 3 nitrogen and oxygen atoms in total. The Morgan fingerprint density at radius 1 is 1.00 bits per heavy atom. The van der Waals surface area contributed by atoms with Crippen LogP contribution in [0, 0.1) is 6.57 Å². The molecule has 0 aliphatic carbocycles. The van der Waals surface area contributed by atoms with Crippen LogP contribution in [-0.4, -0.2) is 4.57 Å². The van der Waals surface area contributed by atoms with Crippen molar-refractivity contribution >= 4 is 28.9 Å². The van der Waals surface area contributed by atoms with Gasteiger partial charge in [-0.1, -0.05) is 59.6 Å². The van der Waals surface area contributed by atoms with Crippen LogP contribution in [0.3, 0.4) is 0 Å². The number of rotatable bonds is 3. The lowest BCUT2D eigenvalue weighted by Crippen LogP contribution is -2.25. The van der Waals surface area contributed by atoms with E-state index in [-0.39, 0.29) is 17.3 Å². The third kappa shape index (κ3) is 3.91. The van der Waals surface area contributed by atoms with Crippen molar-refractivity contribution in [3.05, 3.63) is 97.5 Å². The lowest BCUT2D eigenvalue weighted by atomic mass is 10.1. The van der Waals surface area contributed by atoms with Gasteiger partial charge in [0, 0.05) is 12.2 Å². The summed E-state index contributed by atoms with van der Waals surface area (Å²) in [7, 11) is 0. The molecule has 0 saturated heterocycles. The third-order valence-corrected chi connectivity index (χ3v) is 4.83. The predicted octanol–water partition coefficient (Wildman–Crippen LogP) is 6.44. The van der Waals surface area contributed by atoms with Gasteiger partial charge in [0.15, 0.2) is 0 Å². The van der Waals surface area contributed by atoms with Crippen LogP contribution in [0.15, 0.2) is 59.4 Å². The second-order valence-corrected chi connectivity index (χ2v) is 6.72. The van der Waals surface area contributed by atoms with E-state index in [9.17, 15) is 18.0 Å². The molecule has 0 aliphatic heterocycles. The summed E-state index contributed by atoms with van der Waals surface area (Å²) in [4.78, 5) is 15.7. The number of nitrogens with zero attached hydrogens (tertiary/aromatic N) is 2. The Morgan fingerprint density at radius 3 is 2.25 bits per heavy atom. The van der Waals surface area contributed by atoms with Crippen LogP contribution in [-0.2, 0) is 12.7 Å². The quantitative estimate of drug-likeness (QED) is 0.446. The van der Waals surface area contributed by atoms with Crippen LogP contribution in [0.1, 0.15) is 11.1 Å². The Morgan fingerprint density at radius 2 is 1.68 bits per heavy atom. The molecule has 3 rings (SSSR count). The molecular formula is C20H11Cl2F3N2O. The number of aromatic nitrogens is 1. The van der Waals surface area contributed by atoms with Crippen LogP contribution in [0.25, 0.3) is 16.1 Å². The van der Waals surface area contributed by atoms with Gasteiger partial charge in [0.2, 0.25) is 0 Å². The fourth-order valence-corrected chi connectivity index (χ4v) is 3.11. The molecular weight excluding hydrogens is 412 g/mol. The summed E-state index contributed by atoms with van der Waals surface area (Å²) >= 11 is 11.9. The summed E-state index contributed by atoms with van der Waals surface area (Å²) in [6.07, 6.45) is -4.83. The van der Waals surface area contributed by atoms with Crippen LogP contribution in [0.4, 0.5) is 18.9 Å². The zero-order valence-electron chi connectivity index (χ0n) is 14.1. The Bertz CT molecular complexity index is 1130. The average Bonchev–Trinajstić information content (AvgIpc) is 2.65. The first-order chi connectivity index (χ1) is 13.2. The summed E-state index contributed by atoms with van der Waals surface area (Å²) in [6, 6.07) is 13.7. The lowest BCUT2D eigenvalue weighted by Gasteiger charge is -2.18. The van der Waals surface area contributed by atoms with Gasteiger partial charge in [-0.25, -0.2) is 4.85 Å². The van der Waals surface area contributed by atoms with E-state index in [1.807, 2.05) is 0 Å². The van der Waals surface area contributed by atoms with Crippen LogP contribution >= 0.6 is 23.2 Å². The van der Waals surface area contributed by atoms with Gasteiger partial charge in [-0.2, -0.15) is 13.2 Å². The Labute approximate surface area is 168 Å². The van der Waals surface area contributed by atoms with Gasteiger partial charge in [-0.05, 0) is 29.3 Å². The highest BCUT2D eigenvalue weighted by Gasteiger charge is 2.36. The summed E-state index contributed by atoms with van der Waals surface area (Å²) < 4.78 is 41.5. The minimum atomic E-state index is -4.83. The van der Waals surface area contributed by atoms with Crippen molar-refractivity contribution in [1.82, 2.24) is 4.57 Å². The van der Waals surface area contributed by atoms with E-state index < -0.39 is 23.0 Å². The van der Waals surface area contributed by atoms with Crippen molar-refractivity contribution in [3.8, 4) is 11.3 Å². The number of pyridine rings is 1. The maximum Gasteiger partial charge on any atom is 0.407 e. The lowest BCUT2D eigenvalue weighted by molar-refractivity contribution is -0.136. The van der Waals surface area contributed by atoms with E-state index in [0.29, 0.717) is 16.1 Å². The Kier molecular flexibility index (Phi) is 5.50. The van der Waals surface area contributed by atoms with Crippen molar-refractivity contribution in [2.24, 2.45) is 0 Å². The Hall–Kier alpha value is -2.75. The molecule has 0 fully saturated rings. The molecule has 0 amide bonds. The molecule has 0 bridgehead atoms. The second kappa shape index (κ2) is 7.70. The van der Waals surface area contributed by atoms with Gasteiger partial charge in [-0.3, -0.25) is 4.79 Å². The minimum Gasteiger partial charge on any atom is -0.313 e. The average molecular weight is 423 g/mol. The standard InChI is InChI=1S/C20H11Cl2F3N2O/c1-26-18-14(20(23,24)25)10-17(13-5-3-2-4-6-13)27(19(18)28)11-12-7-8-15(21)16(22)9-12/h2-10H,11H2. The fraction of sp³-hybridized carbons (Fsp3) is 0.100. The molecule has 0 spiro atoms. The van der Waals surface area contributed by atoms with Crippen LogP contribution < -0.4 is 5.56 Å². The zero-order chi connectivity index (χ0) is 20.5. The summed E-state index contributed by atoms with van der Waals surface area (Å²) in [5, 5.41) is 0.570. The van der Waals surface area contributed by atoms with Gasteiger partial charge in [0.25, 0.3) is 11.2 Å². The molecule has 0 atom stereocenters. The van der Waals surface area contributed by atoms with E-state index in [2.05, 4.69) is 4.85 Å². The number of hydrogen-bond acceptors (Lipinski definition) is 1. The smallest absolute Gasteiger partial charge is 0.313 e. The Balaban J connectivity index is 2.29. The number of benzene rings is 2. The van der Waals surface area contributed by atoms with E-state index in [0.717, 1.165) is 10.6 Å². The summed E-state index contributed by atoms with van der Waals surface area (Å²) in [6.45, 7) is 7.02. The topological polar surface area (TPSA) is 26.4 Å². The molecule has 0 aliphatic rings. The number of alkyl halides is 3. The monoisotopic (exact) mass is 422 g/mol. The van der Waals surface area contributed by atoms with Gasteiger partial charge in [0.05, 0.1) is 22.2 Å². The highest BCUT2D eigenvalue weighted by molar-refractivity contribution is 6.42. The summed E-state index contributed by atoms with van der Waals surface area (Å²) in [5.41, 5.74) is -2.21. The molecule has 0 unspecified atom stereocenters. The predicted molar refractivity (Wildman–Crippen MR) is 103 cm³/mol. The van der Waals surface area contributed by atoms with Crippen LogP contribution in [0.2, 0.25) is 10.0 Å². The van der Waals surface area contributed by atoms with Gasteiger partial charge in [-0.15, -0.1) is 0 Å². The molecule has 3 aromatic rings. The van der Waals surface area contributed by atoms with Crippen molar-refractivity contribution in [1.29, 1.82) is 0 Å². The second-order valence-electron chi connectivity index (χ2n) is 5.91. The molecule has 1 heterocycles. The number of hydrogen-bond donors (Lipinski definition) is 0. The van der Waals surface area contributed by atoms with Crippen molar-refractivity contribution in [3.63, 3.8) is 0 Å². The molecule has 2 aromatic carbocycles. The number of halogens is 5. The fourth-order valence-electron chi connectivity index (χ4n) is 2.79. The molecule has 0 saturated carbocycles. The molecule has 28 heavy (non-hydrogen) atoms. The minimum absolute atomic E-state index is 0.0522. The first-order valence-electron chi connectivity index (χ1n) is 7.94. The SMILES string of the molecule is [C-]#[N+]c1c(C(F)(F)F)cc(-c2ccccc2)n(Cc2ccc(Cl)c(Cl)c2)c1=O.